The van der Waals surface area contributed by atoms with Crippen LogP contribution in [0.1, 0.15) is 30.0 Å². The van der Waals surface area contributed by atoms with Gasteiger partial charge in [-0.25, -0.2) is 4.79 Å². The first kappa shape index (κ1) is 22.7. The van der Waals surface area contributed by atoms with Gasteiger partial charge in [0, 0.05) is 16.3 Å². The molecular weight excluding hydrogens is 464 g/mol. The summed E-state index contributed by atoms with van der Waals surface area (Å²) in [4.78, 5) is 19.6. The molecular formula is C27H23ClN4O3. The van der Waals surface area contributed by atoms with Gasteiger partial charge in [0.1, 0.15) is 5.75 Å². The maximum atomic E-state index is 13.3. The second kappa shape index (κ2) is 9.27. The van der Waals surface area contributed by atoms with E-state index in [1.165, 1.54) is 0 Å². The number of carbonyl (C=O) groups is 1. The highest BCUT2D eigenvalue weighted by Crippen LogP contribution is 2.40. The molecule has 1 unspecified atom stereocenters. The Balaban J connectivity index is 1.67. The lowest BCUT2D eigenvalue weighted by Gasteiger charge is -2.35. The monoisotopic (exact) mass is 486 g/mol. The molecule has 176 valence electrons. The van der Waals surface area contributed by atoms with Gasteiger partial charge in [0.2, 0.25) is 5.82 Å². The minimum atomic E-state index is -0.529. The molecule has 0 aliphatic carbocycles. The Bertz CT molecular complexity index is 1450. The zero-order valence-corrected chi connectivity index (χ0v) is 20.2. The zero-order chi connectivity index (χ0) is 24.5. The molecule has 0 fully saturated rings. The molecule has 1 atom stereocenters. The maximum Gasteiger partial charge on any atom is 0.326 e. The highest BCUT2D eigenvalue weighted by atomic mass is 35.5. The van der Waals surface area contributed by atoms with Crippen molar-refractivity contribution in [1.82, 2.24) is 15.5 Å². The van der Waals surface area contributed by atoms with Gasteiger partial charge in [0.25, 0.3) is 5.89 Å². The molecule has 0 radical (unpaired) electrons. The summed E-state index contributed by atoms with van der Waals surface area (Å²) in [6, 6.07) is 21.7. The lowest BCUT2D eigenvalue weighted by molar-refractivity contribution is 0.244. The SMILES string of the molecule is COc1cccc(C2NC(=O)N(c3cccc(Cl)c3)C(C)=C2c2nc(-c3cccc(C)c3)no2)c1. The van der Waals surface area contributed by atoms with Crippen LogP contribution in [0.2, 0.25) is 5.02 Å². The molecule has 35 heavy (non-hydrogen) atoms. The predicted octanol–water partition coefficient (Wildman–Crippen LogP) is 6.41. The fourth-order valence-corrected chi connectivity index (χ4v) is 4.44. The lowest BCUT2D eigenvalue weighted by Crippen LogP contribution is -2.46. The summed E-state index contributed by atoms with van der Waals surface area (Å²) in [5, 5.41) is 7.85. The van der Waals surface area contributed by atoms with E-state index in [1.807, 2.05) is 68.4 Å². The highest BCUT2D eigenvalue weighted by Gasteiger charge is 2.36. The number of carbonyl (C=O) groups excluding carboxylic acids is 1. The van der Waals surface area contributed by atoms with Crippen LogP contribution in [0.5, 0.6) is 5.75 Å². The van der Waals surface area contributed by atoms with Crippen LogP contribution < -0.4 is 15.0 Å². The van der Waals surface area contributed by atoms with Gasteiger partial charge in [-0.05, 0) is 55.8 Å². The van der Waals surface area contributed by atoms with Crippen LogP contribution in [0.4, 0.5) is 10.5 Å². The van der Waals surface area contributed by atoms with Gasteiger partial charge in [-0.2, -0.15) is 4.98 Å². The van der Waals surface area contributed by atoms with Crippen LogP contribution in [0.25, 0.3) is 17.0 Å². The van der Waals surface area contributed by atoms with Gasteiger partial charge in [-0.15, -0.1) is 0 Å². The quantitative estimate of drug-likeness (QED) is 0.352. The number of ether oxygens (including phenoxy) is 1. The zero-order valence-electron chi connectivity index (χ0n) is 19.4. The van der Waals surface area contributed by atoms with Gasteiger partial charge in [0.15, 0.2) is 0 Å². The first-order chi connectivity index (χ1) is 16.9. The summed E-state index contributed by atoms with van der Waals surface area (Å²) in [7, 11) is 1.60. The number of benzene rings is 3. The Hall–Kier alpha value is -4.10. The Morgan fingerprint density at radius 3 is 2.60 bits per heavy atom. The summed E-state index contributed by atoms with van der Waals surface area (Å²) in [5.41, 5.74) is 4.74. The molecule has 2 amide bonds. The summed E-state index contributed by atoms with van der Waals surface area (Å²) in [6.45, 7) is 3.87. The molecule has 0 spiro atoms. The number of nitrogens with one attached hydrogen (secondary N) is 1. The van der Waals surface area contributed by atoms with Crippen molar-refractivity contribution < 1.29 is 14.1 Å². The fraction of sp³-hybridized carbons (Fsp3) is 0.148. The first-order valence-corrected chi connectivity index (χ1v) is 11.4. The number of anilines is 1. The van der Waals surface area contributed by atoms with Crippen LogP contribution >= 0.6 is 11.6 Å². The lowest BCUT2D eigenvalue weighted by atomic mass is 9.94. The van der Waals surface area contributed by atoms with Gasteiger partial charge in [-0.1, -0.05) is 58.7 Å². The van der Waals surface area contributed by atoms with Crippen LogP contribution in [0.15, 0.2) is 83.0 Å². The van der Waals surface area contributed by atoms with Crippen molar-refractivity contribution in [3.8, 4) is 17.1 Å². The van der Waals surface area contributed by atoms with Crippen LogP contribution in [0.3, 0.4) is 0 Å². The Kier molecular flexibility index (Phi) is 6.01. The number of hydrogen-bond acceptors (Lipinski definition) is 5. The summed E-state index contributed by atoms with van der Waals surface area (Å²) >= 11 is 6.23. The van der Waals surface area contributed by atoms with Crippen molar-refractivity contribution in [3.05, 3.63) is 101 Å². The number of aromatic nitrogens is 2. The van der Waals surface area contributed by atoms with Crippen molar-refractivity contribution in [3.63, 3.8) is 0 Å². The van der Waals surface area contributed by atoms with Gasteiger partial charge in [-0.3, -0.25) is 4.90 Å². The van der Waals surface area contributed by atoms with Gasteiger partial charge >= 0.3 is 6.03 Å². The summed E-state index contributed by atoms with van der Waals surface area (Å²) in [5.74, 6) is 1.47. The normalized spacial score (nSPS) is 15.8. The molecule has 2 heterocycles. The number of rotatable bonds is 5. The van der Waals surface area contributed by atoms with Gasteiger partial charge in [0.05, 0.1) is 24.4 Å². The average Bonchev–Trinajstić information content (AvgIpc) is 3.33. The largest absolute Gasteiger partial charge is 0.497 e. The van der Waals surface area contributed by atoms with Crippen molar-refractivity contribution in [2.75, 3.05) is 12.0 Å². The third-order valence-corrected chi connectivity index (χ3v) is 6.15. The number of nitrogens with zero attached hydrogens (tertiary/aromatic N) is 3. The second-order valence-electron chi connectivity index (χ2n) is 8.27. The first-order valence-electron chi connectivity index (χ1n) is 11.1. The molecule has 1 N–H and O–H groups in total. The average molecular weight is 487 g/mol. The molecule has 1 aliphatic heterocycles. The predicted molar refractivity (Wildman–Crippen MR) is 135 cm³/mol. The standard InChI is InChI=1S/C27H23ClN4O3/c1-16-7-4-9-19(13-16)25-30-26(35-31-25)23-17(2)32(21-11-6-10-20(28)15-21)27(33)29-24(23)18-8-5-12-22(14-18)34-3/h4-15,24H,1-3H3,(H,29,33). The molecule has 3 aromatic carbocycles. The van der Waals surface area contributed by atoms with E-state index in [2.05, 4.69) is 10.5 Å². The van der Waals surface area contributed by atoms with E-state index in [0.29, 0.717) is 39.4 Å². The molecule has 0 saturated heterocycles. The molecule has 1 aliphatic rings. The van der Waals surface area contributed by atoms with E-state index >= 15 is 0 Å². The molecule has 0 bridgehead atoms. The number of allylic oxidation sites excluding steroid dienone is 1. The van der Waals surface area contributed by atoms with Crippen molar-refractivity contribution >= 4 is 28.9 Å². The number of halogens is 1. The van der Waals surface area contributed by atoms with Crippen LogP contribution in [0, 0.1) is 6.92 Å². The number of amides is 2. The Labute approximate surface area is 208 Å². The van der Waals surface area contributed by atoms with E-state index in [1.54, 1.807) is 30.2 Å². The van der Waals surface area contributed by atoms with E-state index in [0.717, 1.165) is 16.7 Å². The summed E-state index contributed by atoms with van der Waals surface area (Å²) in [6.07, 6.45) is 0. The van der Waals surface area contributed by atoms with Crippen LogP contribution in [-0.4, -0.2) is 23.3 Å². The Morgan fingerprint density at radius 2 is 1.83 bits per heavy atom. The van der Waals surface area contributed by atoms with Crippen molar-refractivity contribution in [2.45, 2.75) is 19.9 Å². The minimum Gasteiger partial charge on any atom is -0.497 e. The van der Waals surface area contributed by atoms with Crippen molar-refractivity contribution in [1.29, 1.82) is 0 Å². The molecule has 7 nitrogen and oxygen atoms in total. The smallest absolute Gasteiger partial charge is 0.326 e. The van der Waals surface area contributed by atoms with Crippen LogP contribution in [-0.2, 0) is 0 Å². The fourth-order valence-electron chi connectivity index (χ4n) is 4.25. The van der Waals surface area contributed by atoms with Gasteiger partial charge < -0.3 is 14.6 Å². The molecule has 0 saturated carbocycles. The third kappa shape index (κ3) is 4.38. The van der Waals surface area contributed by atoms with E-state index in [-0.39, 0.29) is 6.03 Å². The van der Waals surface area contributed by atoms with Crippen molar-refractivity contribution in [2.24, 2.45) is 0 Å². The topological polar surface area (TPSA) is 80.5 Å². The molecule has 1 aromatic heterocycles. The molecule has 5 rings (SSSR count). The third-order valence-electron chi connectivity index (χ3n) is 5.91. The van der Waals surface area contributed by atoms with E-state index in [9.17, 15) is 4.79 Å². The molecule has 8 heteroatoms. The Morgan fingerprint density at radius 1 is 1.03 bits per heavy atom. The molecule has 4 aromatic rings. The van der Waals surface area contributed by atoms with E-state index < -0.39 is 6.04 Å². The maximum absolute atomic E-state index is 13.3. The van der Waals surface area contributed by atoms with E-state index in [4.69, 9.17) is 25.8 Å². The summed E-state index contributed by atoms with van der Waals surface area (Å²) < 4.78 is 11.2. The number of aryl methyl sites for hydroxylation is 1. The second-order valence-corrected chi connectivity index (χ2v) is 8.70. The minimum absolute atomic E-state index is 0.292. The number of urea groups is 1. The highest BCUT2D eigenvalue weighted by molar-refractivity contribution is 6.31. The number of hydrogen-bond donors (Lipinski definition) is 1. The number of methoxy groups -OCH3 is 1.